The van der Waals surface area contributed by atoms with Gasteiger partial charge in [0, 0.05) is 29.9 Å². The molecule has 0 spiro atoms. The summed E-state index contributed by atoms with van der Waals surface area (Å²) in [5.74, 6) is -1.80. The lowest BCUT2D eigenvalue weighted by atomic mass is 9.90. The summed E-state index contributed by atoms with van der Waals surface area (Å²) >= 11 is 0. The van der Waals surface area contributed by atoms with E-state index in [0.717, 1.165) is 35.1 Å². The normalized spacial score (nSPS) is 14.0. The van der Waals surface area contributed by atoms with Crippen LogP contribution in [0.25, 0.3) is 0 Å². The maximum Gasteiger partial charge on any atom is 0.308 e. The number of aryl methyl sites for hydroxylation is 2. The summed E-state index contributed by atoms with van der Waals surface area (Å²) in [5, 5.41) is 14.2. The molecule has 0 aliphatic rings. The average Bonchev–Trinajstić information content (AvgIpc) is 3.15. The molecule has 0 aliphatic carbocycles. The molecule has 1 aromatic heterocycles. The van der Waals surface area contributed by atoms with Crippen molar-refractivity contribution in [2.45, 2.75) is 51.6 Å². The highest BCUT2D eigenvalue weighted by atomic mass is 79.9. The summed E-state index contributed by atoms with van der Waals surface area (Å²) in [5.41, 5.74) is -0.0951. The third kappa shape index (κ3) is 6.54. The van der Waals surface area contributed by atoms with Crippen molar-refractivity contribution in [3.05, 3.63) is 76.9 Å². The standard InChI is InChI=1S/C24H28F2N3O5S.BrH/c1-15-8-19(9-16(2)23(15)34-18(4)30)11-28-13-27-29(14-28)12-24(31,17(3)35(5,32)33)21-7-6-20(25)10-22(21)26;/h6-10,13-14,17,31H,11-12H2,1-5H3;1H/q+1;/p-1/t17-,24-;/m1./s1. The number of rotatable bonds is 8. The highest BCUT2D eigenvalue weighted by Crippen LogP contribution is 2.33. The summed E-state index contributed by atoms with van der Waals surface area (Å²) in [6, 6.07) is 6.34. The highest BCUT2D eigenvalue weighted by molar-refractivity contribution is 7.91. The van der Waals surface area contributed by atoms with E-state index in [1.54, 1.807) is 10.9 Å². The molecule has 12 heteroatoms. The number of carbonyl (C=O) groups is 1. The van der Waals surface area contributed by atoms with Crippen LogP contribution in [0.4, 0.5) is 8.78 Å². The Kier molecular flexibility index (Phi) is 9.14. The van der Waals surface area contributed by atoms with Gasteiger partial charge in [0.15, 0.2) is 9.84 Å². The minimum absolute atomic E-state index is 0. The van der Waals surface area contributed by atoms with Crippen LogP contribution in [-0.4, -0.2) is 40.8 Å². The van der Waals surface area contributed by atoms with E-state index in [1.165, 1.54) is 24.9 Å². The van der Waals surface area contributed by atoms with Crippen LogP contribution in [0, 0.1) is 25.5 Å². The Morgan fingerprint density at radius 2 is 1.83 bits per heavy atom. The molecule has 2 aromatic carbocycles. The van der Waals surface area contributed by atoms with E-state index >= 15 is 0 Å². The third-order valence-corrected chi connectivity index (χ3v) is 7.55. The Morgan fingerprint density at radius 3 is 2.36 bits per heavy atom. The zero-order valence-corrected chi connectivity index (χ0v) is 22.9. The van der Waals surface area contributed by atoms with Gasteiger partial charge < -0.3 is 26.8 Å². The second-order valence-corrected chi connectivity index (χ2v) is 11.2. The molecule has 196 valence electrons. The first kappa shape index (κ1) is 29.5. The lowest BCUT2D eigenvalue weighted by Crippen LogP contribution is -3.00. The molecule has 8 nitrogen and oxygen atoms in total. The fourth-order valence-corrected chi connectivity index (χ4v) is 4.96. The van der Waals surface area contributed by atoms with Crippen LogP contribution in [0.5, 0.6) is 5.75 Å². The van der Waals surface area contributed by atoms with Crippen molar-refractivity contribution >= 4 is 15.8 Å². The molecule has 0 radical (unpaired) electrons. The summed E-state index contributed by atoms with van der Waals surface area (Å²) in [6.45, 7) is 6.25. The number of carbonyl (C=O) groups excluding carboxylic acids is 1. The smallest absolute Gasteiger partial charge is 0.308 e. The van der Waals surface area contributed by atoms with Gasteiger partial charge >= 0.3 is 5.97 Å². The molecule has 0 saturated carbocycles. The predicted molar refractivity (Wildman–Crippen MR) is 123 cm³/mol. The molecule has 3 rings (SSSR count). The molecule has 0 bridgehead atoms. The molecule has 0 aliphatic heterocycles. The first-order chi connectivity index (χ1) is 16.2. The molecule has 36 heavy (non-hydrogen) atoms. The van der Waals surface area contributed by atoms with Crippen molar-refractivity contribution in [1.29, 1.82) is 0 Å². The Labute approximate surface area is 219 Å². The van der Waals surface area contributed by atoms with Gasteiger partial charge in [-0.2, -0.15) is 0 Å². The van der Waals surface area contributed by atoms with Crippen molar-refractivity contribution in [3.8, 4) is 5.75 Å². The van der Waals surface area contributed by atoms with Crippen LogP contribution >= 0.6 is 0 Å². The number of esters is 1. The number of aromatic nitrogens is 3. The molecular weight excluding hydrogens is 560 g/mol. The molecule has 0 amide bonds. The van der Waals surface area contributed by atoms with E-state index in [9.17, 15) is 27.1 Å². The van der Waals surface area contributed by atoms with Crippen molar-refractivity contribution in [3.63, 3.8) is 0 Å². The zero-order valence-electron chi connectivity index (χ0n) is 20.5. The van der Waals surface area contributed by atoms with Gasteiger partial charge in [0.25, 0.3) is 6.33 Å². The highest BCUT2D eigenvalue weighted by Gasteiger charge is 2.45. The minimum Gasteiger partial charge on any atom is -1.00 e. The second-order valence-electron chi connectivity index (χ2n) is 8.79. The summed E-state index contributed by atoms with van der Waals surface area (Å²) in [4.78, 5) is 11.3. The zero-order chi connectivity index (χ0) is 26.1. The largest absolute Gasteiger partial charge is 1.00 e. The number of halogens is 3. The van der Waals surface area contributed by atoms with E-state index < -0.39 is 38.3 Å². The molecule has 0 unspecified atom stereocenters. The van der Waals surface area contributed by atoms with Gasteiger partial charge in [-0.3, -0.25) is 4.79 Å². The molecule has 1 heterocycles. The Balaban J connectivity index is 0.00000456. The fraction of sp³-hybridized carbons (Fsp3) is 0.375. The Hall–Kier alpha value is -2.70. The third-order valence-electron chi connectivity index (χ3n) is 5.88. The van der Waals surface area contributed by atoms with E-state index in [2.05, 4.69) is 5.10 Å². The lowest BCUT2D eigenvalue weighted by molar-refractivity contribution is -0.689. The number of hydrogen-bond acceptors (Lipinski definition) is 6. The maximum atomic E-state index is 14.6. The van der Waals surface area contributed by atoms with Crippen molar-refractivity contribution in [2.24, 2.45) is 0 Å². The van der Waals surface area contributed by atoms with Crippen LogP contribution in [0.15, 0.2) is 43.0 Å². The molecule has 0 saturated heterocycles. The van der Waals surface area contributed by atoms with Crippen molar-refractivity contribution < 1.29 is 53.4 Å². The van der Waals surface area contributed by atoms with Crippen molar-refractivity contribution in [1.82, 2.24) is 9.78 Å². The number of benzene rings is 2. The summed E-state index contributed by atoms with van der Waals surface area (Å²) < 4.78 is 60.9. The SMILES string of the molecule is CC(=O)Oc1c(C)cc(C[n+]2cnn(C[C@](O)(c3ccc(F)cc3F)[C@@H](C)S(C)(=O)=O)c2)cc1C.[Br-]. The number of ether oxygens (including phenoxy) is 1. The van der Waals surface area contributed by atoms with Crippen LogP contribution in [0.3, 0.4) is 0 Å². The van der Waals surface area contributed by atoms with Gasteiger partial charge in [-0.25, -0.2) is 21.8 Å². The minimum atomic E-state index is -3.81. The van der Waals surface area contributed by atoms with E-state index in [4.69, 9.17) is 4.74 Å². The quantitative estimate of drug-likeness (QED) is 0.214. The van der Waals surface area contributed by atoms with Gasteiger partial charge in [-0.1, -0.05) is 6.07 Å². The predicted octanol–water partition coefficient (Wildman–Crippen LogP) is -0.636. The summed E-state index contributed by atoms with van der Waals surface area (Å²) in [7, 11) is -3.81. The fourth-order valence-electron chi connectivity index (χ4n) is 4.05. The van der Waals surface area contributed by atoms with Crippen LogP contribution in [-0.2, 0) is 33.3 Å². The number of sulfone groups is 1. The van der Waals surface area contributed by atoms with Gasteiger partial charge in [-0.15, -0.1) is 4.68 Å². The number of aliphatic hydroxyl groups is 1. The van der Waals surface area contributed by atoms with Gasteiger partial charge in [0.2, 0.25) is 6.33 Å². The molecule has 1 N–H and O–H groups in total. The average molecular weight is 588 g/mol. The van der Waals surface area contributed by atoms with Crippen LogP contribution in [0.1, 0.15) is 36.1 Å². The van der Waals surface area contributed by atoms with Gasteiger partial charge in [-0.05, 0) is 55.7 Å². The first-order valence-electron chi connectivity index (χ1n) is 10.8. The Morgan fingerprint density at radius 1 is 1.22 bits per heavy atom. The number of hydrogen-bond donors (Lipinski definition) is 1. The van der Waals surface area contributed by atoms with E-state index in [0.29, 0.717) is 18.4 Å². The van der Waals surface area contributed by atoms with Gasteiger partial charge in [0.05, 0.1) is 11.8 Å². The summed E-state index contributed by atoms with van der Waals surface area (Å²) in [6.07, 6.45) is 3.97. The lowest BCUT2D eigenvalue weighted by Gasteiger charge is -2.31. The first-order valence-corrected chi connectivity index (χ1v) is 12.7. The molecular formula is C24H28BrF2N3O5S. The maximum absolute atomic E-state index is 14.6. The molecule has 2 atom stereocenters. The van der Waals surface area contributed by atoms with Crippen molar-refractivity contribution in [2.75, 3.05) is 6.26 Å². The van der Waals surface area contributed by atoms with E-state index in [-0.39, 0.29) is 29.1 Å². The van der Waals surface area contributed by atoms with Gasteiger partial charge in [0.1, 0.15) is 29.5 Å². The Bertz CT molecular complexity index is 1360. The van der Waals surface area contributed by atoms with E-state index in [1.807, 2.05) is 26.0 Å². The monoisotopic (exact) mass is 587 g/mol. The number of nitrogens with zero attached hydrogens (tertiary/aromatic N) is 3. The molecule has 3 aromatic rings. The van der Waals surface area contributed by atoms with Crippen LogP contribution < -0.4 is 26.3 Å². The second kappa shape index (κ2) is 11.1. The van der Waals surface area contributed by atoms with Crippen LogP contribution in [0.2, 0.25) is 0 Å². The molecule has 0 fully saturated rings. The topological polar surface area (TPSA) is 102 Å².